The fourth-order valence-corrected chi connectivity index (χ4v) is 1.64. The van der Waals surface area contributed by atoms with Crippen LogP contribution in [0.15, 0.2) is 30.3 Å². The number of nitrogens with two attached hydrogens (primary N) is 1. The number of methoxy groups -OCH3 is 1. The van der Waals surface area contributed by atoms with Crippen LogP contribution < -0.4 is 10.5 Å². The molecule has 94 valence electrons. The maximum absolute atomic E-state index is 13.8. The number of hydrogen-bond donors (Lipinski definition) is 1. The number of ether oxygens (including phenoxy) is 1. The van der Waals surface area contributed by atoms with Crippen molar-refractivity contribution in [1.29, 1.82) is 0 Å². The molecule has 0 aliphatic rings. The summed E-state index contributed by atoms with van der Waals surface area (Å²) in [5, 5.41) is 0. The summed E-state index contributed by atoms with van der Waals surface area (Å²) >= 11 is 0. The molecular weight excluding hydrogens is 243 g/mol. The Labute approximate surface area is 102 Å². The first-order valence-electron chi connectivity index (χ1n) is 5.12. The minimum atomic E-state index is -0.973. The fourth-order valence-electron chi connectivity index (χ4n) is 1.64. The van der Waals surface area contributed by atoms with Gasteiger partial charge in [-0.2, -0.15) is 0 Å². The summed E-state index contributed by atoms with van der Waals surface area (Å²) in [6.07, 6.45) is 0. The monoisotopic (exact) mass is 253 g/mol. The van der Waals surface area contributed by atoms with Crippen LogP contribution in [-0.4, -0.2) is 7.11 Å². The molecule has 18 heavy (non-hydrogen) atoms. The molecule has 2 aromatic rings. The van der Waals surface area contributed by atoms with E-state index in [4.69, 9.17) is 10.5 Å². The lowest BCUT2D eigenvalue weighted by Crippen LogP contribution is -1.98. The second-order valence-corrected chi connectivity index (χ2v) is 3.67. The molecule has 2 N–H and O–H groups in total. The fraction of sp³-hybridized carbons (Fsp3) is 0.0769. The molecular formula is C13H10F3NO. The lowest BCUT2D eigenvalue weighted by atomic mass is 10.0. The molecule has 0 aliphatic carbocycles. The molecule has 0 bridgehead atoms. The third-order valence-corrected chi connectivity index (χ3v) is 2.57. The molecule has 0 amide bonds. The summed E-state index contributed by atoms with van der Waals surface area (Å²) in [7, 11) is 1.37. The van der Waals surface area contributed by atoms with Gasteiger partial charge in [0.15, 0.2) is 5.82 Å². The van der Waals surface area contributed by atoms with E-state index in [2.05, 4.69) is 0 Å². The first-order chi connectivity index (χ1) is 8.54. The number of anilines is 1. The molecule has 0 radical (unpaired) electrons. The van der Waals surface area contributed by atoms with E-state index in [-0.39, 0.29) is 17.0 Å². The van der Waals surface area contributed by atoms with E-state index in [0.717, 1.165) is 18.2 Å². The van der Waals surface area contributed by atoms with E-state index < -0.39 is 23.0 Å². The highest BCUT2D eigenvalue weighted by Crippen LogP contribution is 2.32. The van der Waals surface area contributed by atoms with Gasteiger partial charge in [0.2, 0.25) is 0 Å². The van der Waals surface area contributed by atoms with Gasteiger partial charge in [-0.3, -0.25) is 0 Å². The smallest absolute Gasteiger partial charge is 0.156 e. The highest BCUT2D eigenvalue weighted by molar-refractivity contribution is 5.70. The summed E-state index contributed by atoms with van der Waals surface area (Å²) in [5.74, 6) is -2.36. The summed E-state index contributed by atoms with van der Waals surface area (Å²) in [5.41, 5.74) is 4.44. The van der Waals surface area contributed by atoms with Crippen LogP contribution in [0, 0.1) is 17.5 Å². The molecule has 0 aromatic heterocycles. The number of nitrogen functional groups attached to an aromatic ring is 1. The van der Waals surface area contributed by atoms with Crippen molar-refractivity contribution in [3.63, 3.8) is 0 Å². The Morgan fingerprint density at radius 3 is 2.33 bits per heavy atom. The predicted octanol–water partition coefficient (Wildman–Crippen LogP) is 3.36. The van der Waals surface area contributed by atoms with Crippen LogP contribution in [0.3, 0.4) is 0 Å². The van der Waals surface area contributed by atoms with Gasteiger partial charge in [0.05, 0.1) is 18.4 Å². The Kier molecular flexibility index (Phi) is 3.14. The molecule has 2 nitrogen and oxygen atoms in total. The predicted molar refractivity (Wildman–Crippen MR) is 62.7 cm³/mol. The first kappa shape index (κ1) is 12.3. The summed E-state index contributed by atoms with van der Waals surface area (Å²) < 4.78 is 45.9. The normalized spacial score (nSPS) is 10.4. The average molecular weight is 253 g/mol. The third kappa shape index (κ3) is 1.99. The van der Waals surface area contributed by atoms with Crippen molar-refractivity contribution in [2.75, 3.05) is 12.8 Å². The zero-order chi connectivity index (χ0) is 13.3. The van der Waals surface area contributed by atoms with Crippen molar-refractivity contribution in [2.24, 2.45) is 0 Å². The van der Waals surface area contributed by atoms with Gasteiger partial charge in [-0.25, -0.2) is 13.2 Å². The van der Waals surface area contributed by atoms with Gasteiger partial charge in [0, 0.05) is 11.6 Å². The lowest BCUT2D eigenvalue weighted by Gasteiger charge is -2.09. The van der Waals surface area contributed by atoms with Crippen LogP contribution in [0.4, 0.5) is 18.9 Å². The van der Waals surface area contributed by atoms with Gasteiger partial charge < -0.3 is 10.5 Å². The van der Waals surface area contributed by atoms with Crippen molar-refractivity contribution in [3.05, 3.63) is 47.8 Å². The molecule has 0 aliphatic heterocycles. The van der Waals surface area contributed by atoms with Crippen LogP contribution in [0.25, 0.3) is 11.1 Å². The summed E-state index contributed by atoms with van der Waals surface area (Å²) in [6.45, 7) is 0. The molecule has 0 saturated heterocycles. The van der Waals surface area contributed by atoms with Crippen molar-refractivity contribution in [1.82, 2.24) is 0 Å². The molecule has 0 unspecified atom stereocenters. The molecule has 5 heteroatoms. The second-order valence-electron chi connectivity index (χ2n) is 3.67. The van der Waals surface area contributed by atoms with Crippen LogP contribution in [0.5, 0.6) is 5.75 Å². The molecule has 0 heterocycles. The molecule has 2 aromatic carbocycles. The van der Waals surface area contributed by atoms with Gasteiger partial charge in [-0.05, 0) is 24.3 Å². The van der Waals surface area contributed by atoms with Gasteiger partial charge in [0.1, 0.15) is 17.4 Å². The van der Waals surface area contributed by atoms with Gasteiger partial charge in [0.25, 0.3) is 0 Å². The lowest BCUT2D eigenvalue weighted by molar-refractivity contribution is 0.411. The van der Waals surface area contributed by atoms with E-state index in [1.54, 1.807) is 0 Å². The summed E-state index contributed by atoms with van der Waals surface area (Å²) in [6, 6.07) is 5.81. The van der Waals surface area contributed by atoms with Crippen LogP contribution >= 0.6 is 0 Å². The van der Waals surface area contributed by atoms with E-state index >= 15 is 0 Å². The quantitative estimate of drug-likeness (QED) is 0.833. The van der Waals surface area contributed by atoms with E-state index in [1.807, 2.05) is 0 Å². The highest BCUT2D eigenvalue weighted by Gasteiger charge is 2.17. The molecule has 2 rings (SSSR count). The van der Waals surface area contributed by atoms with Gasteiger partial charge in [-0.15, -0.1) is 0 Å². The Bertz CT molecular complexity index is 599. The molecule has 0 spiro atoms. The maximum atomic E-state index is 13.8. The van der Waals surface area contributed by atoms with Crippen molar-refractivity contribution >= 4 is 5.69 Å². The average Bonchev–Trinajstić information content (AvgIpc) is 2.36. The van der Waals surface area contributed by atoms with Crippen LogP contribution in [0.1, 0.15) is 0 Å². The molecule has 0 atom stereocenters. The Morgan fingerprint density at radius 2 is 1.72 bits per heavy atom. The van der Waals surface area contributed by atoms with Crippen molar-refractivity contribution in [3.8, 4) is 16.9 Å². The molecule has 0 fully saturated rings. The summed E-state index contributed by atoms with van der Waals surface area (Å²) in [4.78, 5) is 0. The molecule has 0 saturated carbocycles. The standard InChI is InChI=1S/C13H10F3NO/c1-18-7-2-3-8(10(15)6-7)12-9(14)4-5-11(17)13(12)16/h2-6H,17H2,1H3. The van der Waals surface area contributed by atoms with Crippen LogP contribution in [0.2, 0.25) is 0 Å². The van der Waals surface area contributed by atoms with Gasteiger partial charge in [-0.1, -0.05) is 0 Å². The zero-order valence-electron chi connectivity index (χ0n) is 9.51. The van der Waals surface area contributed by atoms with E-state index in [9.17, 15) is 13.2 Å². The SMILES string of the molecule is COc1ccc(-c2c(F)ccc(N)c2F)c(F)c1. The van der Waals surface area contributed by atoms with E-state index in [1.165, 1.54) is 19.2 Å². The number of rotatable bonds is 2. The number of hydrogen-bond acceptors (Lipinski definition) is 2. The first-order valence-corrected chi connectivity index (χ1v) is 5.12. The Balaban J connectivity index is 2.66. The topological polar surface area (TPSA) is 35.2 Å². The minimum absolute atomic E-state index is 0.196. The van der Waals surface area contributed by atoms with Gasteiger partial charge >= 0.3 is 0 Å². The minimum Gasteiger partial charge on any atom is -0.497 e. The Morgan fingerprint density at radius 1 is 1.00 bits per heavy atom. The maximum Gasteiger partial charge on any atom is 0.156 e. The number of benzene rings is 2. The number of halogens is 3. The third-order valence-electron chi connectivity index (χ3n) is 2.57. The Hall–Kier alpha value is -2.17. The largest absolute Gasteiger partial charge is 0.497 e. The second kappa shape index (κ2) is 4.60. The van der Waals surface area contributed by atoms with E-state index in [0.29, 0.717) is 0 Å². The zero-order valence-corrected chi connectivity index (χ0v) is 9.51. The van der Waals surface area contributed by atoms with Crippen molar-refractivity contribution < 1.29 is 17.9 Å². The highest BCUT2D eigenvalue weighted by atomic mass is 19.1. The van der Waals surface area contributed by atoms with Crippen LogP contribution in [-0.2, 0) is 0 Å². The van der Waals surface area contributed by atoms with Crippen molar-refractivity contribution in [2.45, 2.75) is 0 Å².